The van der Waals surface area contributed by atoms with Gasteiger partial charge >= 0.3 is 0 Å². The number of ether oxygens (including phenoxy) is 2. The second-order valence-electron chi connectivity index (χ2n) is 7.01. The summed E-state index contributed by atoms with van der Waals surface area (Å²) < 4.78 is 12.0. The van der Waals surface area contributed by atoms with E-state index in [1.807, 2.05) is 41.8 Å². The highest BCUT2D eigenvalue weighted by Gasteiger charge is 2.12. The van der Waals surface area contributed by atoms with Gasteiger partial charge in [-0.05, 0) is 42.1 Å². The van der Waals surface area contributed by atoms with Crippen LogP contribution in [0.5, 0.6) is 17.5 Å². The molecule has 0 spiro atoms. The highest BCUT2D eigenvalue weighted by Crippen LogP contribution is 2.33. The van der Waals surface area contributed by atoms with Gasteiger partial charge in [0.25, 0.3) is 0 Å². The fourth-order valence-corrected chi connectivity index (χ4v) is 3.71. The molecule has 0 aliphatic heterocycles. The maximum Gasteiger partial charge on any atom is 0.248 e. The second-order valence-corrected chi connectivity index (χ2v) is 7.93. The summed E-state index contributed by atoms with van der Waals surface area (Å²) in [5.41, 5.74) is 2.12. The Kier molecular flexibility index (Phi) is 7.11. The van der Waals surface area contributed by atoms with Crippen LogP contribution in [0.1, 0.15) is 19.8 Å². The normalized spacial score (nSPS) is 11.0. The molecule has 0 unspecified atom stereocenters. The van der Waals surface area contributed by atoms with Crippen LogP contribution in [0.2, 0.25) is 0 Å². The van der Waals surface area contributed by atoms with Gasteiger partial charge in [-0.15, -0.1) is 11.3 Å². The number of carbonyl (C=O) groups excluding carboxylic acids is 1. The molecule has 0 saturated carbocycles. The number of pyridine rings is 1. The quantitative estimate of drug-likeness (QED) is 0.298. The van der Waals surface area contributed by atoms with Crippen LogP contribution in [0.25, 0.3) is 10.2 Å². The van der Waals surface area contributed by atoms with E-state index in [4.69, 9.17) is 9.47 Å². The van der Waals surface area contributed by atoms with Crippen molar-refractivity contribution in [2.24, 2.45) is 0 Å². The van der Waals surface area contributed by atoms with Crippen LogP contribution in [0.3, 0.4) is 0 Å². The van der Waals surface area contributed by atoms with Gasteiger partial charge in [0.1, 0.15) is 10.4 Å². The molecule has 1 amide bonds. The molecule has 33 heavy (non-hydrogen) atoms. The van der Waals surface area contributed by atoms with E-state index in [1.54, 1.807) is 31.5 Å². The molecule has 0 atom stereocenters. The molecule has 1 aromatic carbocycles. The summed E-state index contributed by atoms with van der Waals surface area (Å²) in [4.78, 5) is 25.4. The van der Waals surface area contributed by atoms with Gasteiger partial charge in [0.15, 0.2) is 0 Å². The van der Waals surface area contributed by atoms with Crippen molar-refractivity contribution in [2.45, 2.75) is 19.8 Å². The van der Waals surface area contributed by atoms with Gasteiger partial charge in [0, 0.05) is 17.8 Å². The van der Waals surface area contributed by atoms with E-state index in [1.165, 1.54) is 11.3 Å². The predicted octanol–water partition coefficient (Wildman–Crippen LogP) is 5.93. The minimum atomic E-state index is -0.178. The molecule has 4 aromatic rings. The molecule has 0 radical (unpaired) electrons. The third-order valence-corrected chi connectivity index (χ3v) is 5.41. The molecule has 0 bridgehead atoms. The molecule has 8 nitrogen and oxygen atoms in total. The maximum atomic E-state index is 12.1. The molecule has 3 aromatic heterocycles. The number of aromatic nitrogens is 3. The number of anilines is 3. The van der Waals surface area contributed by atoms with E-state index in [-0.39, 0.29) is 5.91 Å². The summed E-state index contributed by atoms with van der Waals surface area (Å²) in [5.74, 6) is 1.70. The Morgan fingerprint density at radius 2 is 2.06 bits per heavy atom. The molecule has 0 saturated heterocycles. The lowest BCUT2D eigenvalue weighted by Crippen LogP contribution is -2.07. The van der Waals surface area contributed by atoms with Crippen LogP contribution in [-0.2, 0) is 4.79 Å². The molecular formula is C24H23N5O3S. The minimum Gasteiger partial charge on any atom is -0.481 e. The summed E-state index contributed by atoms with van der Waals surface area (Å²) >= 11 is 1.49. The third kappa shape index (κ3) is 5.83. The second kappa shape index (κ2) is 10.6. The van der Waals surface area contributed by atoms with E-state index in [0.717, 1.165) is 28.7 Å². The number of thiophene rings is 1. The zero-order valence-electron chi connectivity index (χ0n) is 18.2. The molecule has 0 aliphatic carbocycles. The molecule has 0 fully saturated rings. The van der Waals surface area contributed by atoms with Gasteiger partial charge < -0.3 is 20.1 Å². The number of carbonyl (C=O) groups is 1. The Morgan fingerprint density at radius 1 is 1.15 bits per heavy atom. The Bertz CT molecular complexity index is 1270. The van der Waals surface area contributed by atoms with Crippen molar-refractivity contribution >= 4 is 44.8 Å². The topological polar surface area (TPSA) is 98.3 Å². The highest BCUT2D eigenvalue weighted by atomic mass is 32.1. The van der Waals surface area contributed by atoms with E-state index < -0.39 is 0 Å². The summed E-state index contributed by atoms with van der Waals surface area (Å²) in [6.07, 6.45) is 6.90. The number of nitrogens with one attached hydrogen (secondary N) is 2. The van der Waals surface area contributed by atoms with Gasteiger partial charge in [-0.2, -0.15) is 4.98 Å². The van der Waals surface area contributed by atoms with Crippen LogP contribution < -0.4 is 20.1 Å². The van der Waals surface area contributed by atoms with Crippen molar-refractivity contribution in [3.63, 3.8) is 0 Å². The maximum absolute atomic E-state index is 12.1. The zero-order valence-corrected chi connectivity index (χ0v) is 19.1. The van der Waals surface area contributed by atoms with Crippen LogP contribution in [0.15, 0.2) is 66.2 Å². The first-order chi connectivity index (χ1) is 16.1. The Morgan fingerprint density at radius 3 is 2.85 bits per heavy atom. The number of hydrogen-bond acceptors (Lipinski definition) is 8. The van der Waals surface area contributed by atoms with Crippen LogP contribution in [0.4, 0.5) is 17.3 Å². The Balaban J connectivity index is 1.54. The largest absolute Gasteiger partial charge is 0.481 e. The average Bonchev–Trinajstić information content (AvgIpc) is 3.29. The van der Waals surface area contributed by atoms with Crippen molar-refractivity contribution in [1.29, 1.82) is 0 Å². The number of hydrogen-bond donors (Lipinski definition) is 2. The van der Waals surface area contributed by atoms with Gasteiger partial charge in [-0.1, -0.05) is 25.5 Å². The van der Waals surface area contributed by atoms with Crippen LogP contribution >= 0.6 is 11.3 Å². The van der Waals surface area contributed by atoms with Crippen molar-refractivity contribution in [2.75, 3.05) is 17.7 Å². The molecule has 2 N–H and O–H groups in total. The lowest BCUT2D eigenvalue weighted by Gasteiger charge is -2.10. The monoisotopic (exact) mass is 461 g/mol. The number of allylic oxidation sites excluding steroid dienone is 1. The van der Waals surface area contributed by atoms with Gasteiger partial charge in [-0.25, -0.2) is 9.97 Å². The Hall–Kier alpha value is -3.98. The molecule has 9 heteroatoms. The fourth-order valence-electron chi connectivity index (χ4n) is 2.96. The van der Waals surface area contributed by atoms with Crippen molar-refractivity contribution in [1.82, 2.24) is 15.0 Å². The number of unbranched alkanes of at least 4 members (excludes halogenated alkanes) is 1. The first kappa shape index (κ1) is 22.2. The van der Waals surface area contributed by atoms with Gasteiger partial charge in [-0.3, -0.25) is 4.79 Å². The van der Waals surface area contributed by atoms with Crippen molar-refractivity contribution in [3.8, 4) is 17.5 Å². The number of nitrogens with zero attached hydrogens (tertiary/aromatic N) is 3. The minimum absolute atomic E-state index is 0.178. The lowest BCUT2D eigenvalue weighted by atomic mass is 10.3. The average molecular weight is 462 g/mol. The number of fused-ring (bicyclic) bond motifs is 1. The number of methoxy groups -OCH3 is 1. The van der Waals surface area contributed by atoms with E-state index >= 15 is 0 Å². The van der Waals surface area contributed by atoms with Crippen LogP contribution in [-0.4, -0.2) is 28.0 Å². The van der Waals surface area contributed by atoms with E-state index in [9.17, 15) is 4.79 Å². The first-order valence-electron chi connectivity index (χ1n) is 10.4. The summed E-state index contributed by atoms with van der Waals surface area (Å²) in [5, 5.41) is 7.93. The summed E-state index contributed by atoms with van der Waals surface area (Å²) in [7, 11) is 1.57. The number of benzene rings is 1. The zero-order chi connectivity index (χ0) is 23.0. The standard InChI is InChI=1S/C24H23N5O3S/c1-3-4-5-9-20(30)26-16-7-6-8-18(14-16)32-23-22-19(12-13-33-22)28-24(29-23)27-17-10-11-21(31-2)25-15-17/h5-15H,3-4H2,1-2H3,(H,26,30)(H,27,28,29)/b9-5+. The number of amides is 1. The smallest absolute Gasteiger partial charge is 0.248 e. The predicted molar refractivity (Wildman–Crippen MR) is 131 cm³/mol. The lowest BCUT2D eigenvalue weighted by molar-refractivity contribution is -0.111. The number of rotatable bonds is 9. The summed E-state index contributed by atoms with van der Waals surface area (Å²) in [6.45, 7) is 2.07. The molecule has 168 valence electrons. The van der Waals surface area contributed by atoms with E-state index in [2.05, 4.69) is 32.5 Å². The summed E-state index contributed by atoms with van der Waals surface area (Å²) in [6, 6.07) is 12.7. The molecule has 0 aliphatic rings. The van der Waals surface area contributed by atoms with Crippen LogP contribution in [0, 0.1) is 0 Å². The molecule has 4 rings (SSSR count). The SMILES string of the molecule is CCC/C=C/C(=O)Nc1cccc(Oc2nc(Nc3ccc(OC)nc3)nc3ccsc23)c1. The van der Waals surface area contributed by atoms with E-state index in [0.29, 0.717) is 29.1 Å². The van der Waals surface area contributed by atoms with Gasteiger partial charge in [0.2, 0.25) is 23.6 Å². The highest BCUT2D eigenvalue weighted by molar-refractivity contribution is 7.17. The first-order valence-corrected chi connectivity index (χ1v) is 11.3. The third-order valence-electron chi connectivity index (χ3n) is 4.51. The van der Waals surface area contributed by atoms with Gasteiger partial charge in [0.05, 0.1) is 24.5 Å². The fraction of sp³-hybridized carbons (Fsp3) is 0.167. The molecular weight excluding hydrogens is 438 g/mol. The Labute approximate surface area is 195 Å². The van der Waals surface area contributed by atoms with Crippen molar-refractivity contribution in [3.05, 3.63) is 66.2 Å². The molecule has 3 heterocycles. The van der Waals surface area contributed by atoms with Crippen molar-refractivity contribution < 1.29 is 14.3 Å².